The molecule has 6 N–H and O–H groups in total. The van der Waals surface area contributed by atoms with Gasteiger partial charge in [0.05, 0.1) is 25.4 Å². The molecule has 1 heterocycles. The second-order valence-electron chi connectivity index (χ2n) is 19.3. The van der Waals surface area contributed by atoms with E-state index >= 15 is 0 Å². The van der Waals surface area contributed by atoms with E-state index < -0.39 is 49.5 Å². The third-order valence-corrected chi connectivity index (χ3v) is 13.0. The maximum atomic E-state index is 13.0. The number of carbonyl (C=O) groups is 1. The maximum absolute atomic E-state index is 13.0. The minimum atomic E-state index is -1.57. The molecule has 1 aliphatic heterocycles. The molecule has 68 heavy (non-hydrogen) atoms. The molecule has 0 spiro atoms. The number of aliphatic hydroxyl groups excluding tert-OH is 5. The van der Waals surface area contributed by atoms with Gasteiger partial charge in [-0.1, -0.05) is 234 Å². The van der Waals surface area contributed by atoms with E-state index in [2.05, 4.69) is 79.9 Å². The van der Waals surface area contributed by atoms with Gasteiger partial charge in [0.25, 0.3) is 0 Å². The molecule has 1 fully saturated rings. The van der Waals surface area contributed by atoms with Gasteiger partial charge >= 0.3 is 0 Å². The Morgan fingerprint density at radius 2 is 0.926 bits per heavy atom. The Labute approximate surface area is 417 Å². The summed E-state index contributed by atoms with van der Waals surface area (Å²) < 4.78 is 11.2. The van der Waals surface area contributed by atoms with Crippen molar-refractivity contribution >= 4 is 5.91 Å². The number of carbonyl (C=O) groups excluding carboxylic acids is 1. The largest absolute Gasteiger partial charge is 0.394 e. The Kier molecular flexibility index (Phi) is 45.2. The van der Waals surface area contributed by atoms with Crippen LogP contribution in [-0.2, 0) is 14.3 Å². The van der Waals surface area contributed by atoms with Crippen LogP contribution in [0.25, 0.3) is 0 Å². The lowest BCUT2D eigenvalue weighted by molar-refractivity contribution is -0.302. The molecule has 9 nitrogen and oxygen atoms in total. The van der Waals surface area contributed by atoms with Gasteiger partial charge in [-0.05, 0) is 70.6 Å². The molecule has 0 aromatic heterocycles. The molecular weight excluding hydrogens is 851 g/mol. The Morgan fingerprint density at radius 1 is 0.515 bits per heavy atom. The van der Waals surface area contributed by atoms with Crippen molar-refractivity contribution in [2.24, 2.45) is 0 Å². The van der Waals surface area contributed by atoms with Crippen molar-refractivity contribution in [3.63, 3.8) is 0 Å². The van der Waals surface area contributed by atoms with E-state index in [0.29, 0.717) is 6.42 Å². The number of ether oxygens (including phenoxy) is 2. The highest BCUT2D eigenvalue weighted by Crippen LogP contribution is 2.23. The van der Waals surface area contributed by atoms with E-state index in [4.69, 9.17) is 9.47 Å². The molecule has 1 rings (SSSR count). The first-order valence-corrected chi connectivity index (χ1v) is 28.2. The molecule has 9 heteroatoms. The van der Waals surface area contributed by atoms with E-state index in [-0.39, 0.29) is 12.5 Å². The van der Waals surface area contributed by atoms with Gasteiger partial charge in [0.2, 0.25) is 5.91 Å². The third kappa shape index (κ3) is 37.5. The summed E-state index contributed by atoms with van der Waals surface area (Å²) in [6, 6.07) is -0.820. The molecule has 0 aromatic carbocycles. The first-order chi connectivity index (χ1) is 33.3. The summed E-state index contributed by atoms with van der Waals surface area (Å²) >= 11 is 0. The van der Waals surface area contributed by atoms with Crippen LogP contribution in [0.2, 0.25) is 0 Å². The van der Waals surface area contributed by atoms with Crippen LogP contribution >= 0.6 is 0 Å². The predicted octanol–water partition coefficient (Wildman–Crippen LogP) is 13.7. The average molecular weight is 956 g/mol. The minimum Gasteiger partial charge on any atom is -0.394 e. The number of allylic oxidation sites excluding steroid dienone is 11. The Balaban J connectivity index is 2.07. The fourth-order valence-electron chi connectivity index (χ4n) is 8.58. The normalized spacial score (nSPS) is 20.1. The standard InChI is InChI=1S/C59H105NO8/c1-3-5-7-9-11-13-15-16-17-18-19-20-21-22-23-24-25-26-27-28-29-30-31-32-33-34-35-36-37-38-39-41-43-45-47-49-55(63)60-52(51-67-59-58(66)57(65)56(64)54(50-61)68-59)53(62)48-46-44-42-40-14-12-10-8-6-4-2/h5,7,11,13-14,16-17,19-20,40,46,48,52-54,56-59,61-62,64-66H,3-4,6,8-10,12,15,18,21-39,41-45,47,49-51H2,1-2H3,(H,60,63)/b7-5-,13-11-,17-16-,20-19-,40-14+,48-46+. The van der Waals surface area contributed by atoms with Crippen molar-refractivity contribution in [3.8, 4) is 0 Å². The van der Waals surface area contributed by atoms with E-state index in [1.54, 1.807) is 6.08 Å². The summed E-state index contributed by atoms with van der Waals surface area (Å²) in [6.07, 6.45) is 60.0. The third-order valence-electron chi connectivity index (χ3n) is 13.0. The van der Waals surface area contributed by atoms with Crippen molar-refractivity contribution in [1.29, 1.82) is 0 Å². The quantitative estimate of drug-likeness (QED) is 0.0261. The molecule has 0 aromatic rings. The van der Waals surface area contributed by atoms with E-state index in [1.807, 2.05) is 6.08 Å². The van der Waals surface area contributed by atoms with Crippen molar-refractivity contribution in [2.75, 3.05) is 13.2 Å². The van der Waals surface area contributed by atoms with Crippen LogP contribution in [0.4, 0.5) is 0 Å². The van der Waals surface area contributed by atoms with Crippen molar-refractivity contribution in [1.82, 2.24) is 5.32 Å². The second kappa shape index (κ2) is 48.3. The molecule has 0 radical (unpaired) electrons. The topological polar surface area (TPSA) is 149 Å². The van der Waals surface area contributed by atoms with Gasteiger partial charge in [-0.3, -0.25) is 4.79 Å². The van der Waals surface area contributed by atoms with E-state index in [0.717, 1.165) is 64.2 Å². The van der Waals surface area contributed by atoms with Gasteiger partial charge in [0.1, 0.15) is 24.4 Å². The fraction of sp³-hybridized carbons (Fsp3) is 0.780. The lowest BCUT2D eigenvalue weighted by Gasteiger charge is -2.40. The molecule has 0 aliphatic carbocycles. The number of aliphatic hydroxyl groups is 5. The molecule has 1 aliphatic rings. The molecule has 0 saturated carbocycles. The van der Waals surface area contributed by atoms with Gasteiger partial charge in [-0.15, -0.1) is 0 Å². The summed E-state index contributed by atoms with van der Waals surface area (Å²) in [6.45, 7) is 3.61. The monoisotopic (exact) mass is 956 g/mol. The second-order valence-corrected chi connectivity index (χ2v) is 19.3. The lowest BCUT2D eigenvalue weighted by atomic mass is 9.99. The first-order valence-electron chi connectivity index (χ1n) is 28.2. The Hall–Kier alpha value is -2.37. The lowest BCUT2D eigenvalue weighted by Crippen LogP contribution is -2.60. The summed E-state index contributed by atoms with van der Waals surface area (Å²) in [7, 11) is 0. The van der Waals surface area contributed by atoms with Crippen LogP contribution < -0.4 is 5.32 Å². The number of unbranched alkanes of at least 4 members (excludes halogenated alkanes) is 27. The number of nitrogens with one attached hydrogen (secondary N) is 1. The number of hydrogen-bond donors (Lipinski definition) is 6. The Morgan fingerprint density at radius 3 is 1.41 bits per heavy atom. The van der Waals surface area contributed by atoms with Gasteiger partial charge in [-0.25, -0.2) is 0 Å². The Bertz CT molecular complexity index is 1290. The first kappa shape index (κ1) is 63.6. The summed E-state index contributed by atoms with van der Waals surface area (Å²) in [5.74, 6) is -0.188. The van der Waals surface area contributed by atoms with Crippen LogP contribution in [0.15, 0.2) is 72.9 Å². The molecule has 7 unspecified atom stereocenters. The van der Waals surface area contributed by atoms with Crippen LogP contribution in [-0.4, -0.2) is 87.5 Å². The van der Waals surface area contributed by atoms with Crippen molar-refractivity contribution in [2.45, 2.75) is 281 Å². The molecule has 1 amide bonds. The molecule has 1 saturated heterocycles. The van der Waals surface area contributed by atoms with Gasteiger partial charge in [0.15, 0.2) is 6.29 Å². The van der Waals surface area contributed by atoms with E-state index in [9.17, 15) is 30.3 Å². The average Bonchev–Trinajstić information content (AvgIpc) is 3.34. The number of rotatable bonds is 47. The smallest absolute Gasteiger partial charge is 0.220 e. The van der Waals surface area contributed by atoms with Crippen LogP contribution in [0.1, 0.15) is 239 Å². The zero-order valence-electron chi connectivity index (χ0n) is 43.6. The number of hydrogen-bond acceptors (Lipinski definition) is 8. The summed E-state index contributed by atoms with van der Waals surface area (Å²) in [4.78, 5) is 13.0. The van der Waals surface area contributed by atoms with Crippen LogP contribution in [0, 0.1) is 0 Å². The van der Waals surface area contributed by atoms with Crippen molar-refractivity contribution in [3.05, 3.63) is 72.9 Å². The van der Waals surface area contributed by atoms with Gasteiger partial charge in [0, 0.05) is 6.42 Å². The fourth-order valence-corrected chi connectivity index (χ4v) is 8.58. The maximum Gasteiger partial charge on any atom is 0.220 e. The highest BCUT2D eigenvalue weighted by atomic mass is 16.7. The highest BCUT2D eigenvalue weighted by Gasteiger charge is 2.44. The van der Waals surface area contributed by atoms with E-state index in [1.165, 1.54) is 154 Å². The number of amides is 1. The van der Waals surface area contributed by atoms with Crippen molar-refractivity contribution < 1.29 is 39.8 Å². The van der Waals surface area contributed by atoms with Crippen LogP contribution in [0.5, 0.6) is 0 Å². The van der Waals surface area contributed by atoms with Gasteiger partial charge < -0.3 is 40.3 Å². The molecule has 7 atom stereocenters. The predicted molar refractivity (Wildman–Crippen MR) is 285 cm³/mol. The highest BCUT2D eigenvalue weighted by molar-refractivity contribution is 5.76. The summed E-state index contributed by atoms with van der Waals surface area (Å²) in [5.41, 5.74) is 0. The minimum absolute atomic E-state index is 0.188. The zero-order chi connectivity index (χ0) is 49.4. The van der Waals surface area contributed by atoms with Gasteiger partial charge in [-0.2, -0.15) is 0 Å². The van der Waals surface area contributed by atoms with Crippen LogP contribution in [0.3, 0.4) is 0 Å². The summed E-state index contributed by atoms with van der Waals surface area (Å²) in [5, 5.41) is 54.2. The molecular formula is C59H105NO8. The SMILES string of the molecule is CC/C=C\C/C=C\C/C=C\C/C=C\CCCCCCCCCCCCCCCCCCCCCCCCC(=O)NC(COC1OC(CO)C(O)C(O)C1O)C(O)/C=C/CC/C=C/CCCCCC. The molecule has 0 bridgehead atoms. The zero-order valence-corrected chi connectivity index (χ0v) is 43.6. The molecule has 394 valence electrons.